The molecule has 6 nitrogen and oxygen atoms in total. The first-order chi connectivity index (χ1) is 12.5. The summed E-state index contributed by atoms with van der Waals surface area (Å²) in [5.41, 5.74) is 1.87. The lowest BCUT2D eigenvalue weighted by molar-refractivity contribution is -0.143. The van der Waals surface area contributed by atoms with Gasteiger partial charge in [-0.05, 0) is 37.6 Å². The van der Waals surface area contributed by atoms with Crippen molar-refractivity contribution >= 4 is 17.7 Å². The summed E-state index contributed by atoms with van der Waals surface area (Å²) in [6.45, 7) is 4.10. The Hall–Kier alpha value is -3.02. The van der Waals surface area contributed by atoms with Gasteiger partial charge in [-0.15, -0.1) is 0 Å². The van der Waals surface area contributed by atoms with Crippen LogP contribution in [-0.4, -0.2) is 40.7 Å². The predicted octanol–water partition coefficient (Wildman–Crippen LogP) is 2.88. The Labute approximate surface area is 152 Å². The number of carbonyl (C=O) groups is 3. The van der Waals surface area contributed by atoms with E-state index in [1.807, 2.05) is 6.07 Å². The Kier molecular flexibility index (Phi) is 7.02. The fourth-order valence-electron chi connectivity index (χ4n) is 2.45. The summed E-state index contributed by atoms with van der Waals surface area (Å²) >= 11 is 0. The van der Waals surface area contributed by atoms with Crippen molar-refractivity contribution in [3.63, 3.8) is 0 Å². The molecule has 2 aromatic rings. The van der Waals surface area contributed by atoms with E-state index in [1.165, 1.54) is 6.92 Å². The molecule has 0 fully saturated rings. The van der Waals surface area contributed by atoms with Gasteiger partial charge in [-0.1, -0.05) is 18.2 Å². The predicted molar refractivity (Wildman–Crippen MR) is 96.7 cm³/mol. The van der Waals surface area contributed by atoms with Crippen LogP contribution >= 0.6 is 0 Å². The Bertz CT molecular complexity index is 757. The number of amides is 1. The Morgan fingerprint density at radius 3 is 2.35 bits per heavy atom. The van der Waals surface area contributed by atoms with Crippen molar-refractivity contribution in [2.75, 3.05) is 13.2 Å². The fourth-order valence-corrected chi connectivity index (χ4v) is 2.45. The third-order valence-corrected chi connectivity index (χ3v) is 3.81. The SMILES string of the molecule is CCOC(=O)CCN(Cc1cccnc1)C(=O)c1ccc(C(C)=O)cc1. The van der Waals surface area contributed by atoms with Gasteiger partial charge in [0, 0.05) is 36.6 Å². The van der Waals surface area contributed by atoms with E-state index in [2.05, 4.69) is 4.98 Å². The number of ether oxygens (including phenoxy) is 1. The number of aromatic nitrogens is 1. The topological polar surface area (TPSA) is 76.6 Å². The summed E-state index contributed by atoms with van der Waals surface area (Å²) in [6, 6.07) is 10.2. The van der Waals surface area contributed by atoms with E-state index >= 15 is 0 Å². The molecule has 0 saturated heterocycles. The van der Waals surface area contributed by atoms with Crippen LogP contribution in [-0.2, 0) is 16.1 Å². The Balaban J connectivity index is 2.16. The van der Waals surface area contributed by atoms with E-state index in [4.69, 9.17) is 4.74 Å². The molecule has 0 bridgehead atoms. The van der Waals surface area contributed by atoms with Crippen molar-refractivity contribution < 1.29 is 19.1 Å². The third kappa shape index (κ3) is 5.51. The molecule has 0 aliphatic rings. The summed E-state index contributed by atoms with van der Waals surface area (Å²) in [5, 5.41) is 0. The van der Waals surface area contributed by atoms with Gasteiger partial charge in [0.25, 0.3) is 5.91 Å². The zero-order valence-electron chi connectivity index (χ0n) is 15.0. The maximum Gasteiger partial charge on any atom is 0.307 e. The Morgan fingerprint density at radius 2 is 1.77 bits per heavy atom. The number of esters is 1. The molecule has 0 spiro atoms. The lowest BCUT2D eigenvalue weighted by atomic mass is 10.1. The van der Waals surface area contributed by atoms with Crippen molar-refractivity contribution in [2.24, 2.45) is 0 Å². The molecule has 1 aromatic carbocycles. The molecular weight excluding hydrogens is 332 g/mol. The van der Waals surface area contributed by atoms with Crippen LogP contribution in [0.3, 0.4) is 0 Å². The molecule has 6 heteroatoms. The molecule has 0 unspecified atom stereocenters. The second-order valence-electron chi connectivity index (χ2n) is 5.78. The molecule has 1 heterocycles. The van der Waals surface area contributed by atoms with Gasteiger partial charge in [0.15, 0.2) is 5.78 Å². The molecule has 1 aromatic heterocycles. The van der Waals surface area contributed by atoms with Crippen molar-refractivity contribution in [3.05, 3.63) is 65.5 Å². The van der Waals surface area contributed by atoms with Gasteiger partial charge >= 0.3 is 5.97 Å². The van der Waals surface area contributed by atoms with Crippen LogP contribution in [0.15, 0.2) is 48.8 Å². The number of benzene rings is 1. The second-order valence-corrected chi connectivity index (χ2v) is 5.78. The Morgan fingerprint density at radius 1 is 1.08 bits per heavy atom. The summed E-state index contributed by atoms with van der Waals surface area (Å²) < 4.78 is 4.94. The maximum atomic E-state index is 12.9. The van der Waals surface area contributed by atoms with Crippen molar-refractivity contribution in [1.82, 2.24) is 9.88 Å². The number of ketones is 1. The van der Waals surface area contributed by atoms with Crippen molar-refractivity contribution in [1.29, 1.82) is 0 Å². The van der Waals surface area contributed by atoms with Gasteiger partial charge in [0.2, 0.25) is 0 Å². The van der Waals surface area contributed by atoms with Gasteiger partial charge in [-0.25, -0.2) is 0 Å². The molecule has 0 radical (unpaired) electrons. The monoisotopic (exact) mass is 354 g/mol. The van der Waals surface area contributed by atoms with Crippen LogP contribution in [0.2, 0.25) is 0 Å². The molecular formula is C20H22N2O4. The van der Waals surface area contributed by atoms with Gasteiger partial charge in [0.05, 0.1) is 13.0 Å². The summed E-state index contributed by atoms with van der Waals surface area (Å²) in [6.07, 6.45) is 3.46. The highest BCUT2D eigenvalue weighted by Gasteiger charge is 2.18. The molecule has 2 rings (SSSR count). The highest BCUT2D eigenvalue weighted by atomic mass is 16.5. The summed E-state index contributed by atoms with van der Waals surface area (Å²) in [5.74, 6) is -0.616. The fraction of sp³-hybridized carbons (Fsp3) is 0.300. The van der Waals surface area contributed by atoms with E-state index < -0.39 is 0 Å². The number of rotatable bonds is 8. The molecule has 136 valence electrons. The number of nitrogens with zero attached hydrogens (tertiary/aromatic N) is 2. The van der Waals surface area contributed by atoms with Crippen LogP contribution in [0, 0.1) is 0 Å². The zero-order valence-corrected chi connectivity index (χ0v) is 15.0. The lowest BCUT2D eigenvalue weighted by Crippen LogP contribution is -2.33. The first kappa shape index (κ1) is 19.3. The van der Waals surface area contributed by atoms with Gasteiger partial charge < -0.3 is 9.64 Å². The van der Waals surface area contributed by atoms with E-state index in [0.717, 1.165) is 5.56 Å². The standard InChI is InChI=1S/C20H22N2O4/c1-3-26-19(24)10-12-22(14-16-5-4-11-21-13-16)20(25)18-8-6-17(7-9-18)15(2)23/h4-9,11,13H,3,10,12,14H2,1-2H3. The van der Waals surface area contributed by atoms with E-state index in [0.29, 0.717) is 24.3 Å². The van der Waals surface area contributed by atoms with Crippen molar-refractivity contribution in [3.8, 4) is 0 Å². The van der Waals surface area contributed by atoms with E-state index in [-0.39, 0.29) is 30.6 Å². The highest BCUT2D eigenvalue weighted by Crippen LogP contribution is 2.12. The number of Topliss-reactive ketones (excluding diaryl/α,β-unsaturated/α-hetero) is 1. The largest absolute Gasteiger partial charge is 0.466 e. The van der Waals surface area contributed by atoms with Gasteiger partial charge in [-0.2, -0.15) is 0 Å². The van der Waals surface area contributed by atoms with Crippen molar-refractivity contribution in [2.45, 2.75) is 26.8 Å². The van der Waals surface area contributed by atoms with Gasteiger partial charge in [-0.3, -0.25) is 19.4 Å². The van der Waals surface area contributed by atoms with Crippen LogP contribution in [0.25, 0.3) is 0 Å². The molecule has 1 amide bonds. The van der Waals surface area contributed by atoms with Gasteiger partial charge in [0.1, 0.15) is 0 Å². The van der Waals surface area contributed by atoms with Crippen LogP contribution in [0.5, 0.6) is 0 Å². The number of hydrogen-bond donors (Lipinski definition) is 0. The minimum atomic E-state index is -0.344. The number of carbonyl (C=O) groups excluding carboxylic acids is 3. The first-order valence-electron chi connectivity index (χ1n) is 8.46. The quantitative estimate of drug-likeness (QED) is 0.538. The second kappa shape index (κ2) is 9.46. The summed E-state index contributed by atoms with van der Waals surface area (Å²) in [4.78, 5) is 41.6. The molecule has 0 aliphatic carbocycles. The molecule has 0 saturated carbocycles. The molecule has 0 aliphatic heterocycles. The smallest absolute Gasteiger partial charge is 0.307 e. The first-order valence-corrected chi connectivity index (χ1v) is 8.46. The number of pyridine rings is 1. The third-order valence-electron chi connectivity index (χ3n) is 3.81. The van der Waals surface area contributed by atoms with Crippen LogP contribution in [0.4, 0.5) is 0 Å². The average molecular weight is 354 g/mol. The normalized spacial score (nSPS) is 10.2. The molecule has 26 heavy (non-hydrogen) atoms. The molecule has 0 atom stereocenters. The van der Waals surface area contributed by atoms with E-state index in [9.17, 15) is 14.4 Å². The molecule has 0 N–H and O–H groups in total. The average Bonchev–Trinajstić information content (AvgIpc) is 2.65. The zero-order chi connectivity index (χ0) is 18.9. The summed E-state index contributed by atoms with van der Waals surface area (Å²) in [7, 11) is 0. The maximum absolute atomic E-state index is 12.9. The van der Waals surface area contributed by atoms with Crippen LogP contribution in [0.1, 0.15) is 46.5 Å². The highest BCUT2D eigenvalue weighted by molar-refractivity contribution is 5.97. The van der Waals surface area contributed by atoms with Crippen LogP contribution < -0.4 is 0 Å². The minimum Gasteiger partial charge on any atom is -0.466 e. The number of hydrogen-bond acceptors (Lipinski definition) is 5. The lowest BCUT2D eigenvalue weighted by Gasteiger charge is -2.22. The minimum absolute atomic E-state index is 0.0569. The van der Waals surface area contributed by atoms with E-state index in [1.54, 1.807) is 54.5 Å².